The molecule has 0 N–H and O–H groups in total. The Balaban J connectivity index is 2.07. The van der Waals surface area contributed by atoms with Gasteiger partial charge in [-0.05, 0) is 38.6 Å². The van der Waals surface area contributed by atoms with Crippen LogP contribution in [0.1, 0.15) is 19.3 Å². The van der Waals surface area contributed by atoms with Crippen LogP contribution in [0.2, 0.25) is 0 Å². The highest BCUT2D eigenvalue weighted by molar-refractivity contribution is 8.13. The maximum absolute atomic E-state index is 11.4. The lowest BCUT2D eigenvalue weighted by Gasteiger charge is -2.32. The Morgan fingerprint density at radius 3 is 3.00 bits per heavy atom. The summed E-state index contributed by atoms with van der Waals surface area (Å²) in [4.78, 5) is 6.10. The number of hydrogen-bond donors (Lipinski definition) is 0. The number of ether oxygens (including phenoxy) is 1. The van der Waals surface area contributed by atoms with Crippen LogP contribution in [0.3, 0.4) is 0 Å². The van der Waals surface area contributed by atoms with Gasteiger partial charge in [-0.1, -0.05) is 6.42 Å². The van der Waals surface area contributed by atoms with Gasteiger partial charge in [0, 0.05) is 22.9 Å². The van der Waals surface area contributed by atoms with Crippen molar-refractivity contribution in [3.63, 3.8) is 0 Å². The number of likely N-dealkylation sites (N-methyl/N-ethyl adjacent to an activating group) is 1. The van der Waals surface area contributed by atoms with E-state index in [0.717, 1.165) is 13.0 Å². The Labute approximate surface area is 118 Å². The van der Waals surface area contributed by atoms with Crippen LogP contribution in [0.5, 0.6) is 5.88 Å². The zero-order chi connectivity index (χ0) is 13.9. The van der Waals surface area contributed by atoms with Crippen LogP contribution < -0.4 is 4.74 Å². The van der Waals surface area contributed by atoms with Crippen LogP contribution in [0, 0.1) is 0 Å². The molecule has 7 heteroatoms. The topological polar surface area (TPSA) is 59.5 Å². The first-order valence-electron chi connectivity index (χ1n) is 6.21. The monoisotopic (exact) mass is 304 g/mol. The highest BCUT2D eigenvalue weighted by Gasteiger charge is 2.22. The number of likely N-dealkylation sites (tertiary alicyclic amines) is 1. The molecule has 1 aromatic heterocycles. The molecule has 0 amide bonds. The summed E-state index contributed by atoms with van der Waals surface area (Å²) in [5.74, 6) is 0.0801. The second-order valence-electron chi connectivity index (χ2n) is 4.69. The minimum absolute atomic E-state index is 0.0740. The molecule has 5 nitrogen and oxygen atoms in total. The summed E-state index contributed by atoms with van der Waals surface area (Å²) in [6.45, 7) is 1.46. The SMILES string of the molecule is CN1CCCCC1COc1ncccc1S(=O)(=O)Cl. The summed E-state index contributed by atoms with van der Waals surface area (Å²) in [6.07, 6.45) is 4.90. The van der Waals surface area contributed by atoms with Gasteiger partial charge >= 0.3 is 0 Å². The largest absolute Gasteiger partial charge is 0.475 e. The van der Waals surface area contributed by atoms with Crippen LogP contribution in [-0.2, 0) is 9.05 Å². The third kappa shape index (κ3) is 3.81. The van der Waals surface area contributed by atoms with E-state index >= 15 is 0 Å². The van der Waals surface area contributed by atoms with Crippen molar-refractivity contribution in [1.29, 1.82) is 0 Å². The highest BCUT2D eigenvalue weighted by Crippen LogP contribution is 2.25. The van der Waals surface area contributed by atoms with Crippen LogP contribution in [0.4, 0.5) is 0 Å². The van der Waals surface area contributed by atoms with Crippen molar-refractivity contribution < 1.29 is 13.2 Å². The summed E-state index contributed by atoms with van der Waals surface area (Å²) in [5, 5.41) is 0. The second-order valence-corrected chi connectivity index (χ2v) is 7.22. The molecule has 1 atom stereocenters. The van der Waals surface area contributed by atoms with Crippen molar-refractivity contribution in [3.8, 4) is 5.88 Å². The maximum atomic E-state index is 11.4. The molecule has 1 aromatic rings. The summed E-state index contributed by atoms with van der Waals surface area (Å²) in [5.41, 5.74) is 0. The number of piperidine rings is 1. The van der Waals surface area contributed by atoms with Crippen molar-refractivity contribution in [2.75, 3.05) is 20.2 Å². The summed E-state index contributed by atoms with van der Waals surface area (Å²) >= 11 is 0. The summed E-state index contributed by atoms with van der Waals surface area (Å²) < 4.78 is 28.4. The van der Waals surface area contributed by atoms with Crippen LogP contribution in [0.25, 0.3) is 0 Å². The molecule has 1 aliphatic heterocycles. The molecule has 2 rings (SSSR count). The van der Waals surface area contributed by atoms with Crippen LogP contribution in [0.15, 0.2) is 23.2 Å². The summed E-state index contributed by atoms with van der Waals surface area (Å²) in [6, 6.07) is 3.21. The number of aromatic nitrogens is 1. The van der Waals surface area contributed by atoms with E-state index in [0.29, 0.717) is 12.6 Å². The fourth-order valence-corrected chi connectivity index (χ4v) is 3.11. The first-order valence-corrected chi connectivity index (χ1v) is 8.52. The smallest absolute Gasteiger partial charge is 0.266 e. The number of pyridine rings is 1. The van der Waals surface area contributed by atoms with Crippen molar-refractivity contribution in [3.05, 3.63) is 18.3 Å². The predicted octanol–water partition coefficient (Wildman–Crippen LogP) is 1.87. The number of rotatable bonds is 4. The first kappa shape index (κ1) is 14.6. The normalized spacial score (nSPS) is 21.3. The molecule has 1 aliphatic rings. The molecule has 0 radical (unpaired) electrons. The van der Waals surface area contributed by atoms with E-state index in [-0.39, 0.29) is 10.8 Å². The lowest BCUT2D eigenvalue weighted by Crippen LogP contribution is -2.40. The molecule has 0 spiro atoms. The van der Waals surface area contributed by atoms with E-state index in [2.05, 4.69) is 9.88 Å². The minimum Gasteiger partial charge on any atom is -0.475 e. The fraction of sp³-hybridized carbons (Fsp3) is 0.583. The molecule has 1 saturated heterocycles. The molecular weight excluding hydrogens is 288 g/mol. The number of halogens is 1. The molecule has 1 fully saturated rings. The second kappa shape index (κ2) is 6.07. The Bertz CT molecular complexity index is 536. The van der Waals surface area contributed by atoms with Gasteiger partial charge in [-0.2, -0.15) is 0 Å². The van der Waals surface area contributed by atoms with Gasteiger partial charge in [0.1, 0.15) is 11.5 Å². The zero-order valence-electron chi connectivity index (χ0n) is 10.8. The van der Waals surface area contributed by atoms with Gasteiger partial charge in [-0.15, -0.1) is 0 Å². The number of nitrogens with zero attached hydrogens (tertiary/aromatic N) is 2. The van der Waals surface area contributed by atoms with Crippen molar-refractivity contribution in [1.82, 2.24) is 9.88 Å². The van der Waals surface area contributed by atoms with E-state index in [1.165, 1.54) is 31.2 Å². The van der Waals surface area contributed by atoms with Gasteiger partial charge in [0.05, 0.1) is 0 Å². The van der Waals surface area contributed by atoms with Gasteiger partial charge in [0.25, 0.3) is 9.05 Å². The van der Waals surface area contributed by atoms with E-state index in [4.69, 9.17) is 15.4 Å². The molecule has 0 aromatic carbocycles. The Morgan fingerprint density at radius 1 is 1.53 bits per heavy atom. The van der Waals surface area contributed by atoms with E-state index in [1.54, 1.807) is 0 Å². The number of hydrogen-bond acceptors (Lipinski definition) is 5. The third-order valence-corrected chi connectivity index (χ3v) is 4.67. The van der Waals surface area contributed by atoms with Gasteiger partial charge < -0.3 is 9.64 Å². The quantitative estimate of drug-likeness (QED) is 0.795. The third-order valence-electron chi connectivity index (χ3n) is 3.33. The average molecular weight is 305 g/mol. The Kier molecular flexibility index (Phi) is 4.65. The van der Waals surface area contributed by atoms with Crippen molar-refractivity contribution in [2.24, 2.45) is 0 Å². The van der Waals surface area contributed by atoms with Crippen molar-refractivity contribution >= 4 is 19.7 Å². The molecule has 0 bridgehead atoms. The van der Waals surface area contributed by atoms with Gasteiger partial charge in [-0.25, -0.2) is 13.4 Å². The Hall–Kier alpha value is -0.850. The van der Waals surface area contributed by atoms with Gasteiger partial charge in [0.2, 0.25) is 5.88 Å². The minimum atomic E-state index is -3.83. The van der Waals surface area contributed by atoms with E-state index in [1.807, 2.05) is 7.05 Å². The fourth-order valence-electron chi connectivity index (χ4n) is 2.20. The van der Waals surface area contributed by atoms with E-state index < -0.39 is 9.05 Å². The lowest BCUT2D eigenvalue weighted by molar-refractivity contribution is 0.121. The maximum Gasteiger partial charge on any atom is 0.266 e. The molecule has 1 unspecified atom stereocenters. The van der Waals surface area contributed by atoms with Gasteiger partial charge in [0.15, 0.2) is 0 Å². The summed E-state index contributed by atoms with van der Waals surface area (Å²) in [7, 11) is 3.57. The molecule has 0 aliphatic carbocycles. The lowest BCUT2D eigenvalue weighted by atomic mass is 10.0. The zero-order valence-corrected chi connectivity index (χ0v) is 12.3. The molecular formula is C12H17ClN2O3S. The average Bonchev–Trinajstić information content (AvgIpc) is 2.37. The Morgan fingerprint density at radius 2 is 2.32 bits per heavy atom. The molecule has 106 valence electrons. The van der Waals surface area contributed by atoms with Gasteiger partial charge in [-0.3, -0.25) is 0 Å². The first-order chi connectivity index (χ1) is 8.98. The van der Waals surface area contributed by atoms with E-state index in [9.17, 15) is 8.42 Å². The van der Waals surface area contributed by atoms with Crippen LogP contribution >= 0.6 is 10.7 Å². The molecule has 19 heavy (non-hydrogen) atoms. The molecule has 2 heterocycles. The predicted molar refractivity (Wildman–Crippen MR) is 73.0 cm³/mol. The standard InChI is InChI=1S/C12H17ClN2O3S/c1-15-8-3-2-5-10(15)9-18-12-11(19(13,16)17)6-4-7-14-12/h4,6-7,10H,2-3,5,8-9H2,1H3. The van der Waals surface area contributed by atoms with Crippen LogP contribution in [-0.4, -0.2) is 44.5 Å². The highest BCUT2D eigenvalue weighted by atomic mass is 35.7. The van der Waals surface area contributed by atoms with Crippen molar-refractivity contribution in [2.45, 2.75) is 30.2 Å². The molecule has 0 saturated carbocycles.